The highest BCUT2D eigenvalue weighted by atomic mass is 35.5. The van der Waals surface area contributed by atoms with E-state index >= 15 is 0 Å². The van der Waals surface area contributed by atoms with Gasteiger partial charge in [0.15, 0.2) is 0 Å². The zero-order valence-corrected chi connectivity index (χ0v) is 6.30. The van der Waals surface area contributed by atoms with Crippen molar-refractivity contribution in [2.45, 2.75) is 17.7 Å². The number of halogens is 1. The first kappa shape index (κ1) is 6.24. The molecule has 0 aromatic rings. The number of allylic oxidation sites excluding steroid dienone is 2. The van der Waals surface area contributed by atoms with Crippen LogP contribution >= 0.6 is 11.6 Å². The second-order valence-corrected chi connectivity index (χ2v) is 3.84. The van der Waals surface area contributed by atoms with E-state index in [1.807, 2.05) is 0 Å². The molecule has 2 bridgehead atoms. The van der Waals surface area contributed by atoms with Crippen molar-refractivity contribution in [2.75, 3.05) is 0 Å². The van der Waals surface area contributed by atoms with Crippen LogP contribution in [0.25, 0.3) is 0 Å². The summed E-state index contributed by atoms with van der Waals surface area (Å²) in [4.78, 5) is -0.556. The maximum absolute atomic E-state index is 8.73. The maximum atomic E-state index is 8.73. The number of nitriles is 1. The summed E-state index contributed by atoms with van der Waals surface area (Å²) in [6.07, 6.45) is 6.22. The van der Waals surface area contributed by atoms with E-state index in [-0.39, 0.29) is 0 Å². The standard InChI is InChI=1S/C8H8ClN/c9-8(5-10)4-6-1-2-7(8)3-6/h1-2,6-7H,3-4H2/t6-,7-,8+/m0/s1. The number of hydrogen-bond acceptors (Lipinski definition) is 1. The van der Waals surface area contributed by atoms with E-state index in [0.29, 0.717) is 11.8 Å². The van der Waals surface area contributed by atoms with Crippen molar-refractivity contribution in [3.05, 3.63) is 12.2 Å². The highest BCUT2D eigenvalue weighted by molar-refractivity contribution is 6.26. The Labute approximate surface area is 65.3 Å². The lowest BCUT2D eigenvalue weighted by Crippen LogP contribution is -2.23. The average Bonchev–Trinajstić information content (AvgIpc) is 2.46. The first-order chi connectivity index (χ1) is 4.74. The molecule has 1 nitrogen and oxygen atoms in total. The van der Waals surface area contributed by atoms with Gasteiger partial charge < -0.3 is 0 Å². The fourth-order valence-corrected chi connectivity index (χ4v) is 2.29. The third kappa shape index (κ3) is 0.630. The molecule has 3 atom stereocenters. The molecule has 10 heavy (non-hydrogen) atoms. The van der Waals surface area contributed by atoms with Crippen molar-refractivity contribution in [2.24, 2.45) is 11.8 Å². The Kier molecular flexibility index (Phi) is 1.10. The van der Waals surface area contributed by atoms with E-state index in [9.17, 15) is 0 Å². The number of fused-ring (bicyclic) bond motifs is 2. The SMILES string of the molecule is N#C[C@]1(Cl)C[C@H]2C=C[C@H]1C2. The van der Waals surface area contributed by atoms with Gasteiger partial charge in [0, 0.05) is 5.92 Å². The summed E-state index contributed by atoms with van der Waals surface area (Å²) in [6.45, 7) is 0. The van der Waals surface area contributed by atoms with Crippen LogP contribution in [0, 0.1) is 23.2 Å². The highest BCUT2D eigenvalue weighted by Crippen LogP contribution is 2.49. The number of rotatable bonds is 0. The van der Waals surface area contributed by atoms with Crippen LogP contribution in [-0.4, -0.2) is 4.87 Å². The number of hydrogen-bond donors (Lipinski definition) is 0. The van der Waals surface area contributed by atoms with Crippen LogP contribution < -0.4 is 0 Å². The summed E-state index contributed by atoms with van der Waals surface area (Å²) in [5.74, 6) is 0.909. The van der Waals surface area contributed by atoms with Crippen LogP contribution in [0.2, 0.25) is 0 Å². The highest BCUT2D eigenvalue weighted by Gasteiger charge is 2.47. The minimum atomic E-state index is -0.556. The molecule has 2 rings (SSSR count). The van der Waals surface area contributed by atoms with Crippen LogP contribution in [0.1, 0.15) is 12.8 Å². The predicted molar refractivity (Wildman–Crippen MR) is 39.6 cm³/mol. The molecule has 0 aliphatic heterocycles. The minimum absolute atomic E-state index is 0.323. The zero-order valence-electron chi connectivity index (χ0n) is 5.55. The van der Waals surface area contributed by atoms with Crippen molar-refractivity contribution < 1.29 is 0 Å². The van der Waals surface area contributed by atoms with Gasteiger partial charge >= 0.3 is 0 Å². The van der Waals surface area contributed by atoms with E-state index in [4.69, 9.17) is 16.9 Å². The van der Waals surface area contributed by atoms with Crippen LogP contribution in [-0.2, 0) is 0 Å². The lowest BCUT2D eigenvalue weighted by Gasteiger charge is -2.19. The van der Waals surface area contributed by atoms with E-state index in [2.05, 4.69) is 18.2 Å². The Morgan fingerprint density at radius 2 is 2.40 bits per heavy atom. The van der Waals surface area contributed by atoms with Crippen LogP contribution in [0.5, 0.6) is 0 Å². The maximum Gasteiger partial charge on any atom is 0.137 e. The molecule has 0 saturated heterocycles. The van der Waals surface area contributed by atoms with Gasteiger partial charge in [-0.1, -0.05) is 12.2 Å². The van der Waals surface area contributed by atoms with Gasteiger partial charge in [0.25, 0.3) is 0 Å². The number of nitrogens with zero attached hydrogens (tertiary/aromatic N) is 1. The summed E-state index contributed by atoms with van der Waals surface area (Å²) >= 11 is 6.04. The fourth-order valence-electron chi connectivity index (χ4n) is 1.93. The Morgan fingerprint density at radius 1 is 1.60 bits per heavy atom. The van der Waals surface area contributed by atoms with E-state index in [0.717, 1.165) is 12.8 Å². The fraction of sp³-hybridized carbons (Fsp3) is 0.625. The van der Waals surface area contributed by atoms with Gasteiger partial charge in [0.2, 0.25) is 0 Å². The summed E-state index contributed by atoms with van der Waals surface area (Å²) in [7, 11) is 0. The molecular formula is C8H8ClN. The monoisotopic (exact) mass is 153 g/mol. The smallest absolute Gasteiger partial charge is 0.137 e. The summed E-state index contributed by atoms with van der Waals surface area (Å²) in [5.41, 5.74) is 0. The normalized spacial score (nSPS) is 49.6. The lowest BCUT2D eigenvalue weighted by atomic mass is 9.94. The second kappa shape index (κ2) is 1.77. The Morgan fingerprint density at radius 3 is 2.70 bits per heavy atom. The van der Waals surface area contributed by atoms with Crippen molar-refractivity contribution in [3.8, 4) is 6.07 Å². The van der Waals surface area contributed by atoms with Gasteiger partial charge in [-0.15, -0.1) is 11.6 Å². The van der Waals surface area contributed by atoms with Gasteiger partial charge in [-0.2, -0.15) is 5.26 Å². The van der Waals surface area contributed by atoms with Gasteiger partial charge in [-0.05, 0) is 18.8 Å². The molecule has 2 aliphatic rings. The Bertz CT molecular complexity index is 228. The van der Waals surface area contributed by atoms with E-state index < -0.39 is 4.87 Å². The Hall–Kier alpha value is -0.480. The Balaban J connectivity index is 2.33. The van der Waals surface area contributed by atoms with Crippen molar-refractivity contribution in [3.63, 3.8) is 0 Å². The molecular weight excluding hydrogens is 146 g/mol. The molecule has 1 saturated carbocycles. The van der Waals surface area contributed by atoms with Crippen LogP contribution in [0.4, 0.5) is 0 Å². The summed E-state index contributed by atoms with van der Waals surface area (Å²) in [6, 6.07) is 2.19. The first-order valence-electron chi connectivity index (χ1n) is 3.53. The van der Waals surface area contributed by atoms with E-state index in [1.165, 1.54) is 0 Å². The van der Waals surface area contributed by atoms with Gasteiger partial charge in [0.1, 0.15) is 4.87 Å². The molecule has 0 heterocycles. The lowest BCUT2D eigenvalue weighted by molar-refractivity contribution is 0.602. The molecule has 1 fully saturated rings. The molecule has 2 heteroatoms. The van der Waals surface area contributed by atoms with Crippen molar-refractivity contribution >= 4 is 11.6 Å². The van der Waals surface area contributed by atoms with Crippen LogP contribution in [0.15, 0.2) is 12.2 Å². The van der Waals surface area contributed by atoms with Crippen molar-refractivity contribution in [1.82, 2.24) is 0 Å². The van der Waals surface area contributed by atoms with Gasteiger partial charge in [-0.25, -0.2) is 0 Å². The van der Waals surface area contributed by atoms with Gasteiger partial charge in [-0.3, -0.25) is 0 Å². The third-order valence-corrected chi connectivity index (χ3v) is 3.02. The molecule has 0 unspecified atom stereocenters. The summed E-state index contributed by atoms with van der Waals surface area (Å²) < 4.78 is 0. The molecule has 0 aromatic carbocycles. The van der Waals surface area contributed by atoms with Gasteiger partial charge in [0.05, 0.1) is 6.07 Å². The molecule has 0 radical (unpaired) electrons. The van der Waals surface area contributed by atoms with Crippen molar-refractivity contribution in [1.29, 1.82) is 5.26 Å². The summed E-state index contributed by atoms with van der Waals surface area (Å²) in [5, 5.41) is 8.73. The molecule has 2 aliphatic carbocycles. The first-order valence-corrected chi connectivity index (χ1v) is 3.91. The van der Waals surface area contributed by atoms with E-state index in [1.54, 1.807) is 0 Å². The minimum Gasteiger partial charge on any atom is -0.196 e. The average molecular weight is 154 g/mol. The molecule has 0 amide bonds. The molecule has 0 aromatic heterocycles. The zero-order chi connectivity index (χ0) is 7.19. The quantitative estimate of drug-likeness (QED) is 0.386. The van der Waals surface area contributed by atoms with Crippen LogP contribution in [0.3, 0.4) is 0 Å². The topological polar surface area (TPSA) is 23.8 Å². The third-order valence-electron chi connectivity index (χ3n) is 2.51. The molecule has 52 valence electrons. The molecule has 0 N–H and O–H groups in total. The second-order valence-electron chi connectivity index (χ2n) is 3.17. The number of alkyl halides is 1. The largest absolute Gasteiger partial charge is 0.196 e. The predicted octanol–water partition coefficient (Wildman–Crippen LogP) is 2.08. The molecule has 0 spiro atoms.